The number of nitrogens with one attached hydrogen (secondary N) is 2. The van der Waals surface area contributed by atoms with Gasteiger partial charge in [0.05, 0.1) is 0 Å². The van der Waals surface area contributed by atoms with Crippen molar-refractivity contribution in [3.05, 3.63) is 29.3 Å². The zero-order chi connectivity index (χ0) is 24.0. The second-order valence-corrected chi connectivity index (χ2v) is 8.66. The zero-order valence-electron chi connectivity index (χ0n) is 18.5. The Balaban J connectivity index is 1.82. The lowest BCUT2D eigenvalue weighted by Gasteiger charge is -2.44. The number of hydrogen-bond donors (Lipinski definition) is 5. The van der Waals surface area contributed by atoms with Gasteiger partial charge in [0, 0.05) is 24.2 Å². The third-order valence-electron chi connectivity index (χ3n) is 6.66. The van der Waals surface area contributed by atoms with Crippen molar-refractivity contribution in [2.24, 2.45) is 16.6 Å². The molecule has 1 aromatic carbocycles. The summed E-state index contributed by atoms with van der Waals surface area (Å²) in [4.78, 5) is 42.6. The summed E-state index contributed by atoms with van der Waals surface area (Å²) in [5.74, 6) is -2.08. The average molecular weight is 458 g/mol. The van der Waals surface area contributed by atoms with Crippen LogP contribution in [0.5, 0.6) is 5.75 Å². The van der Waals surface area contributed by atoms with Crippen molar-refractivity contribution >= 4 is 29.8 Å². The van der Waals surface area contributed by atoms with Crippen molar-refractivity contribution in [2.45, 2.75) is 57.0 Å². The Labute approximate surface area is 192 Å². The number of carboxylic acids is 1. The first-order valence-corrected chi connectivity index (χ1v) is 11.2. The number of carbonyl (C=O) groups excluding carboxylic acids is 2. The molecule has 2 amide bonds. The van der Waals surface area contributed by atoms with Crippen molar-refractivity contribution < 1.29 is 24.6 Å². The maximum absolute atomic E-state index is 13.6. The normalized spacial score (nSPS) is 21.3. The number of amides is 2. The molecule has 2 fully saturated rings. The molecule has 33 heavy (non-hydrogen) atoms. The highest BCUT2D eigenvalue weighted by atomic mass is 16.4. The van der Waals surface area contributed by atoms with Gasteiger partial charge in [-0.05, 0) is 37.7 Å². The Hall–Kier alpha value is -3.43. The molecule has 2 aliphatic rings. The molecule has 1 saturated carbocycles. The number of carbonyl (C=O) groups is 3. The van der Waals surface area contributed by atoms with E-state index in [2.05, 4.69) is 10.3 Å². The van der Waals surface area contributed by atoms with Gasteiger partial charge in [0.2, 0.25) is 11.8 Å². The molecule has 0 unspecified atom stereocenters. The van der Waals surface area contributed by atoms with E-state index in [1.165, 1.54) is 6.07 Å². The number of aliphatic carboxylic acids is 1. The molecule has 1 heterocycles. The van der Waals surface area contributed by atoms with Gasteiger partial charge in [0.15, 0.2) is 0 Å². The first-order chi connectivity index (χ1) is 15.8. The van der Waals surface area contributed by atoms with Gasteiger partial charge in [-0.3, -0.25) is 20.0 Å². The second-order valence-electron chi connectivity index (χ2n) is 8.66. The number of aliphatic imine (C=N–C) groups is 1. The molecule has 0 spiro atoms. The van der Waals surface area contributed by atoms with Gasteiger partial charge in [-0.1, -0.05) is 31.4 Å². The number of amidine groups is 1. The van der Waals surface area contributed by atoms with Gasteiger partial charge in [-0.25, -0.2) is 4.79 Å². The van der Waals surface area contributed by atoms with Gasteiger partial charge < -0.3 is 26.2 Å². The number of phenolic OH excluding ortho intramolecular Hbond substituents is 1. The van der Waals surface area contributed by atoms with E-state index in [-0.39, 0.29) is 42.4 Å². The predicted octanol–water partition coefficient (Wildman–Crippen LogP) is 1.39. The van der Waals surface area contributed by atoms with Gasteiger partial charge in [0.1, 0.15) is 29.9 Å². The molecule has 10 heteroatoms. The largest absolute Gasteiger partial charge is 0.508 e. The van der Waals surface area contributed by atoms with Gasteiger partial charge in [0.25, 0.3) is 0 Å². The van der Waals surface area contributed by atoms with Gasteiger partial charge >= 0.3 is 5.97 Å². The van der Waals surface area contributed by atoms with E-state index in [1.807, 2.05) is 0 Å². The molecular formula is C23H31N5O5. The van der Waals surface area contributed by atoms with Crippen LogP contribution in [-0.4, -0.2) is 63.6 Å². The first kappa shape index (κ1) is 24.2. The molecule has 1 aliphatic heterocycles. The Morgan fingerprint density at radius 2 is 1.97 bits per heavy atom. The quantitative estimate of drug-likeness (QED) is 0.292. The van der Waals surface area contributed by atoms with Crippen LogP contribution < -0.4 is 11.1 Å². The standard InChI is InChI=1S/C23H31N5O5/c24-21(25)15-7-8-16(18(29)11-15)12-27-22(33)23(17-5-2-1-3-6-17)9-4-10-28(23)19(30)13-26-14-20(31)32/h7-8,11,14,17,29H,1-6,9-10,12-13H2,(H3,24,25)(H,27,33)(H,31,32)/t23-/m1/s1. The minimum Gasteiger partial charge on any atom is -0.508 e. The second kappa shape index (κ2) is 10.5. The Kier molecular flexibility index (Phi) is 7.67. The molecule has 1 saturated heterocycles. The molecule has 1 aliphatic carbocycles. The van der Waals surface area contributed by atoms with Crippen LogP contribution in [0.1, 0.15) is 56.1 Å². The van der Waals surface area contributed by atoms with Crippen LogP contribution in [0.15, 0.2) is 23.2 Å². The zero-order valence-corrected chi connectivity index (χ0v) is 18.5. The molecule has 1 atom stereocenters. The maximum Gasteiger partial charge on any atom is 0.346 e. The first-order valence-electron chi connectivity index (χ1n) is 11.2. The van der Waals surface area contributed by atoms with Crippen LogP contribution in [0.25, 0.3) is 0 Å². The molecule has 1 aromatic rings. The van der Waals surface area contributed by atoms with E-state index in [4.69, 9.17) is 16.2 Å². The molecule has 0 bridgehead atoms. The van der Waals surface area contributed by atoms with E-state index >= 15 is 0 Å². The highest BCUT2D eigenvalue weighted by molar-refractivity contribution is 6.22. The third kappa shape index (κ3) is 5.32. The fourth-order valence-electron chi connectivity index (χ4n) is 5.11. The lowest BCUT2D eigenvalue weighted by atomic mass is 9.72. The number of hydrogen-bond acceptors (Lipinski definition) is 6. The molecule has 178 valence electrons. The van der Waals surface area contributed by atoms with Crippen molar-refractivity contribution in [3.63, 3.8) is 0 Å². The number of aromatic hydroxyl groups is 1. The maximum atomic E-state index is 13.6. The third-order valence-corrected chi connectivity index (χ3v) is 6.66. The van der Waals surface area contributed by atoms with Crippen LogP contribution in [0.3, 0.4) is 0 Å². The van der Waals surface area contributed by atoms with E-state index in [0.29, 0.717) is 36.7 Å². The van der Waals surface area contributed by atoms with Crippen LogP contribution in [0, 0.1) is 11.3 Å². The van der Waals surface area contributed by atoms with E-state index in [1.54, 1.807) is 17.0 Å². The Morgan fingerprint density at radius 3 is 2.61 bits per heavy atom. The molecular weight excluding hydrogens is 426 g/mol. The van der Waals surface area contributed by atoms with Crippen molar-refractivity contribution in [1.29, 1.82) is 5.41 Å². The summed E-state index contributed by atoms with van der Waals surface area (Å²) < 4.78 is 0. The minimum absolute atomic E-state index is 0.00911. The summed E-state index contributed by atoms with van der Waals surface area (Å²) in [6.45, 7) is 0.168. The molecule has 10 nitrogen and oxygen atoms in total. The monoisotopic (exact) mass is 457 g/mol. The van der Waals surface area contributed by atoms with E-state index in [9.17, 15) is 19.5 Å². The Morgan fingerprint density at radius 1 is 1.24 bits per heavy atom. The Bertz CT molecular complexity index is 957. The number of carboxylic acid groups (broad SMARTS) is 1. The van der Waals surface area contributed by atoms with Crippen LogP contribution in [0.2, 0.25) is 0 Å². The van der Waals surface area contributed by atoms with Gasteiger partial charge in [-0.15, -0.1) is 0 Å². The number of nitrogens with two attached hydrogens (primary N) is 1. The van der Waals surface area contributed by atoms with Crippen molar-refractivity contribution in [1.82, 2.24) is 10.2 Å². The van der Waals surface area contributed by atoms with Crippen molar-refractivity contribution in [3.8, 4) is 5.75 Å². The highest BCUT2D eigenvalue weighted by Gasteiger charge is 2.54. The SMILES string of the molecule is N=C(N)c1ccc(CNC(=O)[C@]2(C3CCCCC3)CCCN2C(=O)CN=CC(=O)O)c(O)c1. The summed E-state index contributed by atoms with van der Waals surface area (Å²) in [7, 11) is 0. The lowest BCUT2D eigenvalue weighted by Crippen LogP contribution is -2.62. The number of nitrogens with zero attached hydrogens (tertiary/aromatic N) is 2. The topological polar surface area (TPSA) is 169 Å². The summed E-state index contributed by atoms with van der Waals surface area (Å²) in [6, 6.07) is 4.59. The van der Waals surface area contributed by atoms with E-state index in [0.717, 1.165) is 32.1 Å². The minimum atomic E-state index is -1.23. The highest BCUT2D eigenvalue weighted by Crippen LogP contribution is 2.43. The fourth-order valence-corrected chi connectivity index (χ4v) is 5.11. The molecule has 0 aromatic heterocycles. The summed E-state index contributed by atoms with van der Waals surface area (Å²) >= 11 is 0. The van der Waals surface area contributed by atoms with Crippen molar-refractivity contribution in [2.75, 3.05) is 13.1 Å². The van der Waals surface area contributed by atoms with Crippen LogP contribution in [-0.2, 0) is 20.9 Å². The van der Waals surface area contributed by atoms with Crippen LogP contribution >= 0.6 is 0 Å². The molecule has 6 N–H and O–H groups in total. The average Bonchev–Trinajstić information content (AvgIpc) is 3.24. The fraction of sp³-hybridized carbons (Fsp3) is 0.522. The number of nitrogen functional groups attached to an aromatic ring is 1. The number of rotatable bonds is 8. The lowest BCUT2D eigenvalue weighted by molar-refractivity contribution is -0.148. The molecule has 3 rings (SSSR count). The predicted molar refractivity (Wildman–Crippen MR) is 122 cm³/mol. The summed E-state index contributed by atoms with van der Waals surface area (Å²) in [6.07, 6.45) is 6.68. The number of phenols is 1. The number of benzene rings is 1. The number of likely N-dealkylation sites (tertiary alicyclic amines) is 1. The van der Waals surface area contributed by atoms with Crippen LogP contribution in [0.4, 0.5) is 0 Å². The smallest absolute Gasteiger partial charge is 0.346 e. The molecule has 0 radical (unpaired) electrons. The van der Waals surface area contributed by atoms with E-state index < -0.39 is 11.5 Å². The summed E-state index contributed by atoms with van der Waals surface area (Å²) in [5.41, 5.74) is 5.31. The van der Waals surface area contributed by atoms with Gasteiger partial charge in [-0.2, -0.15) is 0 Å². The summed E-state index contributed by atoms with van der Waals surface area (Å²) in [5, 5.41) is 29.4.